The second-order valence-electron chi connectivity index (χ2n) is 6.90. The lowest BCUT2D eigenvalue weighted by Gasteiger charge is -2.53. The third-order valence-electron chi connectivity index (χ3n) is 5.63. The van der Waals surface area contributed by atoms with Crippen molar-refractivity contribution in [1.29, 1.82) is 0 Å². The van der Waals surface area contributed by atoms with Crippen molar-refractivity contribution in [2.24, 2.45) is 0 Å². The standard InChI is InChI=1S/C20H28N4/c1-2-6-18(7-3-1)20(24-16-12-22-13-17-24)9-5-4-8-19(20)23-14-10-21-11-15-23/h1-9,19,21-22H,10-17H2. The van der Waals surface area contributed by atoms with Gasteiger partial charge in [-0.2, -0.15) is 0 Å². The average molecular weight is 324 g/mol. The molecule has 2 N–H and O–H groups in total. The normalized spacial score (nSPS) is 32.1. The molecule has 2 heterocycles. The first-order valence-corrected chi connectivity index (χ1v) is 9.23. The minimum Gasteiger partial charge on any atom is -0.314 e. The number of nitrogens with one attached hydrogen (secondary N) is 2. The van der Waals surface area contributed by atoms with Crippen molar-refractivity contribution in [2.45, 2.75) is 11.6 Å². The van der Waals surface area contributed by atoms with E-state index in [1.54, 1.807) is 0 Å². The predicted molar refractivity (Wildman–Crippen MR) is 99.1 cm³/mol. The van der Waals surface area contributed by atoms with Gasteiger partial charge in [-0.25, -0.2) is 0 Å². The molecule has 1 aliphatic carbocycles. The molecule has 2 aliphatic heterocycles. The highest BCUT2D eigenvalue weighted by atomic mass is 15.3. The molecule has 2 atom stereocenters. The maximum Gasteiger partial charge on any atom is 0.0843 e. The van der Waals surface area contributed by atoms with E-state index in [2.05, 4.69) is 75.1 Å². The largest absolute Gasteiger partial charge is 0.314 e. The molecular formula is C20H28N4. The minimum absolute atomic E-state index is 0.0601. The molecule has 2 unspecified atom stereocenters. The molecule has 3 aliphatic rings. The Morgan fingerprint density at radius 3 is 2.21 bits per heavy atom. The fraction of sp³-hybridized carbons (Fsp3) is 0.500. The minimum atomic E-state index is -0.0601. The van der Waals surface area contributed by atoms with E-state index in [0.29, 0.717) is 6.04 Å². The molecule has 0 amide bonds. The molecule has 2 fully saturated rings. The molecule has 1 aromatic carbocycles. The van der Waals surface area contributed by atoms with Gasteiger partial charge >= 0.3 is 0 Å². The lowest BCUT2D eigenvalue weighted by Crippen LogP contribution is -2.64. The SMILES string of the molecule is C1=CC(N2CCNCC2)C(c2ccccc2)(N2CCNCC2)C=C1. The molecule has 0 bridgehead atoms. The first-order chi connectivity index (χ1) is 11.9. The van der Waals surface area contributed by atoms with Crippen molar-refractivity contribution >= 4 is 0 Å². The number of hydrogen-bond donors (Lipinski definition) is 2. The Balaban J connectivity index is 1.77. The fourth-order valence-corrected chi connectivity index (χ4v) is 4.46. The van der Waals surface area contributed by atoms with Crippen molar-refractivity contribution < 1.29 is 0 Å². The van der Waals surface area contributed by atoms with E-state index in [-0.39, 0.29) is 5.54 Å². The van der Waals surface area contributed by atoms with Crippen molar-refractivity contribution in [3.8, 4) is 0 Å². The maximum absolute atomic E-state index is 3.51. The summed E-state index contributed by atoms with van der Waals surface area (Å²) in [6, 6.07) is 11.5. The van der Waals surface area contributed by atoms with E-state index in [1.165, 1.54) is 5.56 Å². The molecule has 0 saturated carbocycles. The van der Waals surface area contributed by atoms with Gasteiger partial charge in [-0.3, -0.25) is 9.80 Å². The molecular weight excluding hydrogens is 296 g/mol. The van der Waals surface area contributed by atoms with Gasteiger partial charge in [-0.1, -0.05) is 54.6 Å². The Kier molecular flexibility index (Phi) is 4.81. The Morgan fingerprint density at radius 2 is 1.50 bits per heavy atom. The highest BCUT2D eigenvalue weighted by Gasteiger charge is 2.46. The van der Waals surface area contributed by atoms with Crippen LogP contribution in [0.4, 0.5) is 0 Å². The van der Waals surface area contributed by atoms with E-state index in [1.807, 2.05) is 0 Å². The summed E-state index contributed by atoms with van der Waals surface area (Å²) in [5, 5.41) is 7.00. The molecule has 1 aromatic rings. The van der Waals surface area contributed by atoms with E-state index in [4.69, 9.17) is 0 Å². The number of benzene rings is 1. The Bertz CT molecular complexity index is 585. The van der Waals surface area contributed by atoms with Crippen molar-refractivity contribution in [2.75, 3.05) is 52.4 Å². The zero-order chi connectivity index (χ0) is 16.2. The molecule has 128 valence electrons. The number of hydrogen-bond acceptors (Lipinski definition) is 4. The van der Waals surface area contributed by atoms with Crippen LogP contribution in [-0.4, -0.2) is 68.2 Å². The van der Waals surface area contributed by atoms with Crippen molar-refractivity contribution in [3.63, 3.8) is 0 Å². The van der Waals surface area contributed by atoms with Gasteiger partial charge in [-0.05, 0) is 5.56 Å². The van der Waals surface area contributed by atoms with Crippen molar-refractivity contribution in [1.82, 2.24) is 20.4 Å². The molecule has 2 saturated heterocycles. The fourth-order valence-electron chi connectivity index (χ4n) is 4.46. The van der Waals surface area contributed by atoms with Crippen molar-refractivity contribution in [3.05, 3.63) is 60.2 Å². The van der Waals surface area contributed by atoms with Gasteiger partial charge in [0.25, 0.3) is 0 Å². The summed E-state index contributed by atoms with van der Waals surface area (Å²) in [4.78, 5) is 5.34. The van der Waals surface area contributed by atoms with E-state index in [0.717, 1.165) is 52.4 Å². The zero-order valence-corrected chi connectivity index (χ0v) is 14.3. The van der Waals surface area contributed by atoms with Gasteiger partial charge in [0.05, 0.1) is 11.6 Å². The van der Waals surface area contributed by atoms with Gasteiger partial charge < -0.3 is 10.6 Å². The molecule has 0 aromatic heterocycles. The second-order valence-corrected chi connectivity index (χ2v) is 6.90. The van der Waals surface area contributed by atoms with Crippen LogP contribution in [0.3, 0.4) is 0 Å². The molecule has 24 heavy (non-hydrogen) atoms. The van der Waals surface area contributed by atoms with Crippen LogP contribution in [0, 0.1) is 0 Å². The van der Waals surface area contributed by atoms with E-state index in [9.17, 15) is 0 Å². The number of nitrogens with zero attached hydrogens (tertiary/aromatic N) is 2. The first kappa shape index (κ1) is 16.0. The zero-order valence-electron chi connectivity index (χ0n) is 14.3. The lowest BCUT2D eigenvalue weighted by molar-refractivity contribution is 0.0301. The summed E-state index contributed by atoms with van der Waals surface area (Å²) < 4.78 is 0. The number of allylic oxidation sites excluding steroid dienone is 2. The summed E-state index contributed by atoms with van der Waals surface area (Å²) in [5.41, 5.74) is 1.35. The van der Waals surface area contributed by atoms with Gasteiger partial charge in [0.2, 0.25) is 0 Å². The van der Waals surface area contributed by atoms with Crippen LogP contribution in [0.15, 0.2) is 54.6 Å². The van der Waals surface area contributed by atoms with Crippen LogP contribution < -0.4 is 10.6 Å². The Hall–Kier alpha value is -1.46. The monoisotopic (exact) mass is 324 g/mol. The lowest BCUT2D eigenvalue weighted by atomic mass is 9.76. The average Bonchev–Trinajstić information content (AvgIpc) is 2.70. The summed E-state index contributed by atoms with van der Waals surface area (Å²) in [6.45, 7) is 8.72. The van der Waals surface area contributed by atoms with Crippen LogP contribution >= 0.6 is 0 Å². The topological polar surface area (TPSA) is 30.5 Å². The summed E-state index contributed by atoms with van der Waals surface area (Å²) >= 11 is 0. The maximum atomic E-state index is 3.51. The second kappa shape index (κ2) is 7.19. The third-order valence-corrected chi connectivity index (χ3v) is 5.63. The summed E-state index contributed by atoms with van der Waals surface area (Å²) in [6.07, 6.45) is 9.34. The van der Waals surface area contributed by atoms with Crippen LogP contribution in [-0.2, 0) is 5.54 Å². The Labute approximate surface area is 145 Å². The van der Waals surface area contributed by atoms with Crippen LogP contribution in [0.2, 0.25) is 0 Å². The van der Waals surface area contributed by atoms with Gasteiger partial charge in [-0.15, -0.1) is 0 Å². The molecule has 0 radical (unpaired) electrons. The van der Waals surface area contributed by atoms with Gasteiger partial charge in [0, 0.05) is 52.4 Å². The van der Waals surface area contributed by atoms with E-state index < -0.39 is 0 Å². The van der Waals surface area contributed by atoms with Gasteiger partial charge in [0.15, 0.2) is 0 Å². The van der Waals surface area contributed by atoms with Crippen LogP contribution in [0.5, 0.6) is 0 Å². The molecule has 0 spiro atoms. The predicted octanol–water partition coefficient (Wildman–Crippen LogP) is 1.19. The summed E-state index contributed by atoms with van der Waals surface area (Å²) in [7, 11) is 0. The molecule has 4 nitrogen and oxygen atoms in total. The third kappa shape index (κ3) is 2.84. The molecule has 4 heteroatoms. The molecule has 4 rings (SSSR count). The first-order valence-electron chi connectivity index (χ1n) is 9.23. The quantitative estimate of drug-likeness (QED) is 0.874. The number of rotatable bonds is 3. The highest BCUT2D eigenvalue weighted by molar-refractivity contribution is 5.39. The smallest absolute Gasteiger partial charge is 0.0843 e. The highest BCUT2D eigenvalue weighted by Crippen LogP contribution is 2.39. The Morgan fingerprint density at radius 1 is 0.833 bits per heavy atom. The number of piperazine rings is 2. The van der Waals surface area contributed by atoms with Crippen LogP contribution in [0.1, 0.15) is 5.56 Å². The van der Waals surface area contributed by atoms with Gasteiger partial charge in [0.1, 0.15) is 0 Å². The van der Waals surface area contributed by atoms with E-state index >= 15 is 0 Å². The summed E-state index contributed by atoms with van der Waals surface area (Å²) in [5.74, 6) is 0. The van der Waals surface area contributed by atoms with Crippen LogP contribution in [0.25, 0.3) is 0 Å².